The fraction of sp³-hybridized carbons (Fsp3) is 0.360. The first-order valence-corrected chi connectivity index (χ1v) is 10.6. The summed E-state index contributed by atoms with van der Waals surface area (Å²) < 4.78 is 53.1. The molecule has 1 N–H and O–H groups in total. The van der Waals surface area contributed by atoms with Crippen LogP contribution < -0.4 is 4.74 Å². The van der Waals surface area contributed by atoms with E-state index in [1.165, 1.54) is 6.07 Å². The van der Waals surface area contributed by atoms with Crippen LogP contribution in [-0.2, 0) is 5.41 Å². The molecule has 0 amide bonds. The van der Waals surface area contributed by atoms with Gasteiger partial charge in [0.1, 0.15) is 5.75 Å². The summed E-state index contributed by atoms with van der Waals surface area (Å²) >= 11 is 0. The van der Waals surface area contributed by atoms with E-state index in [-0.39, 0.29) is 30.7 Å². The van der Waals surface area contributed by atoms with Gasteiger partial charge in [0.15, 0.2) is 5.60 Å². The van der Waals surface area contributed by atoms with E-state index in [0.29, 0.717) is 16.7 Å². The van der Waals surface area contributed by atoms with Crippen molar-refractivity contribution in [3.05, 3.63) is 65.9 Å². The SMILES string of the molecule is CCC1(C(F)(F)C(C)(O)C(F)=Nc2cccc3nc(C)ccc23)CCOc2ccccc21. The molecule has 32 heavy (non-hydrogen) atoms. The first kappa shape index (κ1) is 22.3. The Morgan fingerprint density at radius 1 is 1.16 bits per heavy atom. The largest absolute Gasteiger partial charge is 0.493 e. The predicted molar refractivity (Wildman–Crippen MR) is 119 cm³/mol. The summed E-state index contributed by atoms with van der Waals surface area (Å²) in [4.78, 5) is 8.18. The zero-order valence-electron chi connectivity index (χ0n) is 18.2. The second-order valence-electron chi connectivity index (χ2n) is 8.38. The summed E-state index contributed by atoms with van der Waals surface area (Å²) in [6.07, 6.45) is -0.0737. The van der Waals surface area contributed by atoms with E-state index in [9.17, 15) is 5.11 Å². The van der Waals surface area contributed by atoms with Gasteiger partial charge in [0.25, 0.3) is 5.92 Å². The Hall–Kier alpha value is -2.93. The standard InChI is InChI=1S/C25H25F3N2O2/c1-4-24(14-15-32-21-11-6-5-8-18(21)24)25(27,28)23(3,31)22(26)30-20-10-7-9-19-17(20)13-12-16(2)29-19/h5-13,31H,4,14-15H2,1-3H3. The molecule has 0 aliphatic carbocycles. The summed E-state index contributed by atoms with van der Waals surface area (Å²) in [5.41, 5.74) is -3.24. The van der Waals surface area contributed by atoms with E-state index in [4.69, 9.17) is 4.74 Å². The molecule has 1 aromatic heterocycles. The lowest BCUT2D eigenvalue weighted by molar-refractivity contribution is -0.194. The molecule has 3 aromatic rings. The summed E-state index contributed by atoms with van der Waals surface area (Å²) in [6.45, 7) is 4.26. The topological polar surface area (TPSA) is 54.7 Å². The van der Waals surface area contributed by atoms with Gasteiger partial charge in [-0.2, -0.15) is 4.39 Å². The molecule has 4 rings (SSSR count). The number of alkyl halides is 2. The highest BCUT2D eigenvalue weighted by molar-refractivity contribution is 5.95. The number of halogens is 3. The minimum atomic E-state index is -3.87. The van der Waals surface area contributed by atoms with Gasteiger partial charge in [0.05, 0.1) is 23.2 Å². The predicted octanol–water partition coefficient (Wildman–Crippen LogP) is 6.06. The van der Waals surface area contributed by atoms with Crippen LogP contribution in [0.1, 0.15) is 37.9 Å². The van der Waals surface area contributed by atoms with Crippen LogP contribution in [0.2, 0.25) is 0 Å². The molecule has 2 aromatic carbocycles. The Morgan fingerprint density at radius 2 is 1.91 bits per heavy atom. The maximum absolute atomic E-state index is 16.1. The van der Waals surface area contributed by atoms with Crippen molar-refractivity contribution in [2.75, 3.05) is 6.61 Å². The van der Waals surface area contributed by atoms with Crippen LogP contribution in [0, 0.1) is 6.92 Å². The molecular formula is C25H25F3N2O2. The molecule has 7 heteroatoms. The highest BCUT2D eigenvalue weighted by Crippen LogP contribution is 2.55. The third-order valence-electron chi connectivity index (χ3n) is 6.47. The van der Waals surface area contributed by atoms with Crippen LogP contribution in [0.15, 0.2) is 59.6 Å². The van der Waals surface area contributed by atoms with Gasteiger partial charge in [-0.15, -0.1) is 0 Å². The van der Waals surface area contributed by atoms with E-state index in [1.807, 2.05) is 6.92 Å². The van der Waals surface area contributed by atoms with Crippen molar-refractivity contribution in [2.45, 2.75) is 50.6 Å². The number of hydrogen-bond donors (Lipinski definition) is 1. The molecule has 0 radical (unpaired) electrons. The number of aryl methyl sites for hydroxylation is 1. The molecule has 0 spiro atoms. The smallest absolute Gasteiger partial charge is 0.293 e. The first-order valence-electron chi connectivity index (χ1n) is 10.6. The van der Waals surface area contributed by atoms with Gasteiger partial charge in [0.2, 0.25) is 5.97 Å². The number of ether oxygens (including phenoxy) is 1. The van der Waals surface area contributed by atoms with Gasteiger partial charge >= 0.3 is 0 Å². The molecule has 0 saturated heterocycles. The van der Waals surface area contributed by atoms with Crippen molar-refractivity contribution in [1.29, 1.82) is 0 Å². The molecule has 0 saturated carbocycles. The lowest BCUT2D eigenvalue weighted by Crippen LogP contribution is -2.63. The van der Waals surface area contributed by atoms with Crippen molar-refractivity contribution >= 4 is 22.6 Å². The quantitative estimate of drug-likeness (QED) is 0.489. The molecule has 4 nitrogen and oxygen atoms in total. The molecular weight excluding hydrogens is 417 g/mol. The van der Waals surface area contributed by atoms with Gasteiger partial charge in [0, 0.05) is 16.6 Å². The second-order valence-corrected chi connectivity index (χ2v) is 8.38. The number of aromatic nitrogens is 1. The van der Waals surface area contributed by atoms with Gasteiger partial charge in [-0.05, 0) is 57.0 Å². The van der Waals surface area contributed by atoms with Gasteiger partial charge in [-0.3, -0.25) is 4.98 Å². The van der Waals surface area contributed by atoms with Crippen LogP contribution in [0.25, 0.3) is 10.9 Å². The van der Waals surface area contributed by atoms with Gasteiger partial charge in [-0.25, -0.2) is 13.8 Å². The van der Waals surface area contributed by atoms with Crippen LogP contribution in [-0.4, -0.2) is 34.2 Å². The molecule has 0 bridgehead atoms. The molecule has 1 aliphatic heterocycles. The Balaban J connectivity index is 1.82. The lowest BCUT2D eigenvalue weighted by atomic mass is 9.64. The van der Waals surface area contributed by atoms with Crippen LogP contribution >= 0.6 is 0 Å². The molecule has 2 atom stereocenters. The summed E-state index contributed by atoms with van der Waals surface area (Å²) in [7, 11) is 0. The van der Waals surface area contributed by atoms with Crippen LogP contribution in [0.3, 0.4) is 0 Å². The number of hydrogen-bond acceptors (Lipinski definition) is 4. The molecule has 0 fully saturated rings. The minimum absolute atomic E-state index is 0.0126. The molecule has 168 valence electrons. The highest BCUT2D eigenvalue weighted by atomic mass is 19.3. The lowest BCUT2D eigenvalue weighted by Gasteiger charge is -2.48. The number of para-hydroxylation sites is 1. The van der Waals surface area contributed by atoms with E-state index in [2.05, 4.69) is 9.98 Å². The maximum Gasteiger partial charge on any atom is 0.293 e. The number of aliphatic hydroxyl groups is 1. The van der Waals surface area contributed by atoms with E-state index in [0.717, 1.165) is 12.6 Å². The Bertz CT molecular complexity index is 1190. The zero-order valence-corrected chi connectivity index (χ0v) is 18.2. The fourth-order valence-corrected chi connectivity index (χ4v) is 4.52. The minimum Gasteiger partial charge on any atom is -0.493 e. The Morgan fingerprint density at radius 3 is 2.66 bits per heavy atom. The molecule has 2 heterocycles. The summed E-state index contributed by atoms with van der Waals surface area (Å²) in [5, 5.41) is 11.5. The highest BCUT2D eigenvalue weighted by Gasteiger charge is 2.67. The van der Waals surface area contributed by atoms with Crippen molar-refractivity contribution in [3.63, 3.8) is 0 Å². The Labute approximate surface area is 184 Å². The number of benzene rings is 2. The number of aliphatic imine (C=N–C) groups is 1. The van der Waals surface area contributed by atoms with Crippen molar-refractivity contribution in [2.24, 2.45) is 4.99 Å². The van der Waals surface area contributed by atoms with Crippen LogP contribution in [0.4, 0.5) is 18.9 Å². The summed E-state index contributed by atoms with van der Waals surface area (Å²) in [6, 6.07) is 14.8. The number of fused-ring (bicyclic) bond motifs is 2. The Kier molecular flexibility index (Phi) is 5.49. The van der Waals surface area contributed by atoms with Crippen molar-refractivity contribution in [3.8, 4) is 5.75 Å². The monoisotopic (exact) mass is 442 g/mol. The van der Waals surface area contributed by atoms with Crippen molar-refractivity contribution < 1.29 is 23.0 Å². The van der Waals surface area contributed by atoms with Gasteiger partial charge < -0.3 is 9.84 Å². The average molecular weight is 442 g/mol. The number of nitrogens with zero attached hydrogens (tertiary/aromatic N) is 2. The van der Waals surface area contributed by atoms with E-state index >= 15 is 13.2 Å². The zero-order chi connectivity index (χ0) is 23.1. The summed E-state index contributed by atoms with van der Waals surface area (Å²) in [5.74, 6) is -5.10. The molecule has 1 aliphatic rings. The number of rotatable bonds is 5. The van der Waals surface area contributed by atoms with Crippen LogP contribution in [0.5, 0.6) is 5.75 Å². The second kappa shape index (κ2) is 7.89. The average Bonchev–Trinajstić information content (AvgIpc) is 2.78. The third kappa shape index (κ3) is 3.26. The molecule has 2 unspecified atom stereocenters. The first-order chi connectivity index (χ1) is 15.1. The normalized spacial score (nSPS) is 21.0. The van der Waals surface area contributed by atoms with Crippen molar-refractivity contribution in [1.82, 2.24) is 4.98 Å². The van der Waals surface area contributed by atoms with E-state index in [1.54, 1.807) is 55.5 Å². The maximum atomic E-state index is 16.1. The number of pyridine rings is 1. The third-order valence-corrected chi connectivity index (χ3v) is 6.47. The van der Waals surface area contributed by atoms with E-state index < -0.39 is 22.9 Å². The fourth-order valence-electron chi connectivity index (χ4n) is 4.52. The van der Waals surface area contributed by atoms with Gasteiger partial charge in [-0.1, -0.05) is 31.2 Å².